The smallest absolute Gasteiger partial charge is 0.0207 e. The number of rotatable bonds is 2. The van der Waals surface area contributed by atoms with Crippen LogP contribution in [-0.2, 0) is 10.8 Å². The number of halogens is 1. The second-order valence-corrected chi connectivity index (χ2v) is 14.6. The summed E-state index contributed by atoms with van der Waals surface area (Å²) in [7, 11) is 0. The van der Waals surface area contributed by atoms with Gasteiger partial charge in [-0.25, -0.2) is 0 Å². The second-order valence-electron chi connectivity index (χ2n) is 13.7. The van der Waals surface area contributed by atoms with Crippen molar-refractivity contribution in [1.29, 1.82) is 0 Å². The van der Waals surface area contributed by atoms with Crippen molar-refractivity contribution in [2.24, 2.45) is 0 Å². The van der Waals surface area contributed by atoms with Gasteiger partial charge < -0.3 is 0 Å². The van der Waals surface area contributed by atoms with Gasteiger partial charge in [0.25, 0.3) is 0 Å². The molecular weight excluding hydrogens is 560 g/mol. The molecule has 0 unspecified atom stereocenters. The van der Waals surface area contributed by atoms with Gasteiger partial charge in [-0.15, -0.1) is 0 Å². The summed E-state index contributed by atoms with van der Waals surface area (Å²) in [6.45, 7) is 18.3. The Morgan fingerprint density at radius 3 is 1.59 bits per heavy atom. The van der Waals surface area contributed by atoms with Crippen molar-refractivity contribution in [3.05, 3.63) is 118 Å². The zero-order valence-corrected chi connectivity index (χ0v) is 27.1. The molecular formula is C40H39Br. The fraction of sp³-hybridized carbons (Fsp3) is 0.250. The molecule has 0 bridgehead atoms. The zero-order chi connectivity index (χ0) is 29.3. The van der Waals surface area contributed by atoms with Gasteiger partial charge in [-0.1, -0.05) is 130 Å². The Morgan fingerprint density at radius 1 is 0.463 bits per heavy atom. The van der Waals surface area contributed by atoms with Crippen molar-refractivity contribution < 1.29 is 0 Å². The van der Waals surface area contributed by atoms with Crippen LogP contribution in [0.15, 0.2) is 95.5 Å². The zero-order valence-electron chi connectivity index (χ0n) is 25.5. The van der Waals surface area contributed by atoms with Crippen LogP contribution in [-0.4, -0.2) is 0 Å². The summed E-state index contributed by atoms with van der Waals surface area (Å²) in [6, 6.07) is 34.6. The van der Waals surface area contributed by atoms with Gasteiger partial charge >= 0.3 is 0 Å². The first kappa shape index (κ1) is 27.7. The number of hydrogen-bond acceptors (Lipinski definition) is 0. The monoisotopic (exact) mass is 598 g/mol. The molecule has 0 fully saturated rings. The first-order valence-corrected chi connectivity index (χ1v) is 15.4. The largest absolute Gasteiger partial charge is 0.0616 e. The molecule has 0 N–H and O–H groups in total. The molecule has 0 nitrogen and oxygen atoms in total. The maximum Gasteiger partial charge on any atom is 0.0207 e. The predicted molar refractivity (Wildman–Crippen MR) is 184 cm³/mol. The maximum atomic E-state index is 3.79. The third kappa shape index (κ3) is 4.79. The molecule has 6 aromatic carbocycles. The Balaban J connectivity index is 1.90. The van der Waals surface area contributed by atoms with Crippen molar-refractivity contribution in [2.75, 3.05) is 0 Å². The van der Waals surface area contributed by atoms with Crippen LogP contribution in [0.1, 0.15) is 63.8 Å². The van der Waals surface area contributed by atoms with E-state index < -0.39 is 0 Å². The minimum absolute atomic E-state index is 0.0412. The lowest BCUT2D eigenvalue weighted by Crippen LogP contribution is -2.11. The van der Waals surface area contributed by atoms with Crippen LogP contribution in [0.3, 0.4) is 0 Å². The van der Waals surface area contributed by atoms with Gasteiger partial charge in [0.05, 0.1) is 0 Å². The SMILES string of the molecule is Cc1cc(-c2c3cc(C(C)(C)C)ccc3c(-c3cccc4ccccc34)c3cc(C(C)(C)C)ccc23)c(C)cc1Br. The molecule has 0 atom stereocenters. The van der Waals surface area contributed by atoms with Gasteiger partial charge in [0.15, 0.2) is 0 Å². The highest BCUT2D eigenvalue weighted by Gasteiger charge is 2.24. The maximum absolute atomic E-state index is 3.79. The van der Waals surface area contributed by atoms with Crippen LogP contribution in [0.4, 0.5) is 0 Å². The summed E-state index contributed by atoms with van der Waals surface area (Å²) in [5.74, 6) is 0. The van der Waals surface area contributed by atoms with Gasteiger partial charge in [-0.3, -0.25) is 0 Å². The van der Waals surface area contributed by atoms with E-state index in [2.05, 4.69) is 162 Å². The fourth-order valence-electron chi connectivity index (χ4n) is 6.24. The van der Waals surface area contributed by atoms with Crippen molar-refractivity contribution in [2.45, 2.75) is 66.2 Å². The molecule has 0 saturated heterocycles. The topological polar surface area (TPSA) is 0 Å². The second kappa shape index (κ2) is 9.85. The Hall–Kier alpha value is -3.42. The van der Waals surface area contributed by atoms with Crippen molar-refractivity contribution in [3.8, 4) is 22.3 Å². The van der Waals surface area contributed by atoms with E-state index in [9.17, 15) is 0 Å². The van der Waals surface area contributed by atoms with E-state index in [0.29, 0.717) is 0 Å². The lowest BCUT2D eigenvalue weighted by atomic mass is 9.78. The average Bonchev–Trinajstić information content (AvgIpc) is 2.92. The van der Waals surface area contributed by atoms with Crippen molar-refractivity contribution in [3.63, 3.8) is 0 Å². The Labute approximate surface area is 253 Å². The molecule has 0 amide bonds. The van der Waals surface area contributed by atoms with Gasteiger partial charge in [0, 0.05) is 4.47 Å². The molecule has 206 valence electrons. The fourth-order valence-corrected chi connectivity index (χ4v) is 6.69. The van der Waals surface area contributed by atoms with E-state index in [0.717, 1.165) is 4.47 Å². The van der Waals surface area contributed by atoms with Crippen LogP contribution >= 0.6 is 15.9 Å². The molecule has 0 aliphatic carbocycles. The summed E-state index contributed by atoms with van der Waals surface area (Å²) in [4.78, 5) is 0. The molecule has 0 saturated carbocycles. The summed E-state index contributed by atoms with van der Waals surface area (Å²) in [5, 5.41) is 7.82. The number of benzene rings is 6. The van der Waals surface area contributed by atoms with E-state index in [1.807, 2.05) is 0 Å². The van der Waals surface area contributed by atoms with Crippen molar-refractivity contribution >= 4 is 48.2 Å². The van der Waals surface area contributed by atoms with Crippen LogP contribution in [0.2, 0.25) is 0 Å². The molecule has 0 spiro atoms. The molecule has 0 heterocycles. The molecule has 6 aromatic rings. The Bertz CT molecular complexity index is 1970. The molecule has 0 aromatic heterocycles. The van der Waals surface area contributed by atoms with E-state index >= 15 is 0 Å². The molecule has 0 radical (unpaired) electrons. The Kier molecular flexibility index (Phi) is 6.66. The molecule has 6 rings (SSSR count). The summed E-state index contributed by atoms with van der Waals surface area (Å²) >= 11 is 3.79. The molecule has 0 aliphatic rings. The van der Waals surface area contributed by atoms with Crippen LogP contribution < -0.4 is 0 Å². The third-order valence-corrected chi connectivity index (χ3v) is 9.54. The van der Waals surface area contributed by atoms with E-state index in [1.165, 1.54) is 76.8 Å². The van der Waals surface area contributed by atoms with Crippen LogP contribution in [0, 0.1) is 13.8 Å². The minimum atomic E-state index is 0.0412. The standard InChI is InChI=1S/C40H39Br/c1-24-21-36(41)25(2)20-33(24)38-32-19-17-27(39(3,4)5)22-34(32)37(30-15-11-13-26-12-9-10-14-29(26)30)31-18-16-28(23-35(31)38)40(6,7)8/h9-23H,1-8H3. The third-order valence-electron chi connectivity index (χ3n) is 8.68. The summed E-state index contributed by atoms with van der Waals surface area (Å²) in [5.41, 5.74) is 10.6. The van der Waals surface area contributed by atoms with E-state index in [1.54, 1.807) is 0 Å². The quantitative estimate of drug-likeness (QED) is 0.174. The molecule has 41 heavy (non-hydrogen) atoms. The van der Waals surface area contributed by atoms with Gasteiger partial charge in [0.1, 0.15) is 0 Å². The van der Waals surface area contributed by atoms with Gasteiger partial charge in [0.2, 0.25) is 0 Å². The van der Waals surface area contributed by atoms with Crippen molar-refractivity contribution in [1.82, 2.24) is 0 Å². The summed E-state index contributed by atoms with van der Waals surface area (Å²) < 4.78 is 1.16. The van der Waals surface area contributed by atoms with Crippen LogP contribution in [0.5, 0.6) is 0 Å². The van der Waals surface area contributed by atoms with Gasteiger partial charge in [-0.05, 0) is 120 Å². The molecule has 1 heteroatoms. The predicted octanol–water partition coefficient (Wildman–Crippen LogP) is 12.5. The molecule has 0 aliphatic heterocycles. The Morgan fingerprint density at radius 2 is 1.00 bits per heavy atom. The normalized spacial score (nSPS) is 12.5. The van der Waals surface area contributed by atoms with Crippen LogP contribution in [0.25, 0.3) is 54.6 Å². The average molecular weight is 600 g/mol. The number of fused-ring (bicyclic) bond motifs is 3. The highest BCUT2D eigenvalue weighted by Crippen LogP contribution is 2.48. The van der Waals surface area contributed by atoms with Gasteiger partial charge in [-0.2, -0.15) is 0 Å². The lowest BCUT2D eigenvalue weighted by molar-refractivity contribution is 0.590. The highest BCUT2D eigenvalue weighted by atomic mass is 79.9. The van der Waals surface area contributed by atoms with E-state index in [-0.39, 0.29) is 10.8 Å². The number of aryl methyl sites for hydroxylation is 2. The first-order chi connectivity index (χ1) is 19.3. The lowest BCUT2D eigenvalue weighted by Gasteiger charge is -2.26. The minimum Gasteiger partial charge on any atom is -0.0616 e. The first-order valence-electron chi connectivity index (χ1n) is 14.6. The van der Waals surface area contributed by atoms with E-state index in [4.69, 9.17) is 0 Å². The highest BCUT2D eigenvalue weighted by molar-refractivity contribution is 9.10. The number of hydrogen-bond donors (Lipinski definition) is 0. The summed E-state index contributed by atoms with van der Waals surface area (Å²) in [6.07, 6.45) is 0.